The highest BCUT2D eigenvalue weighted by Crippen LogP contribution is 2.43. The first-order valence-corrected chi connectivity index (χ1v) is 8.13. The molecule has 1 saturated carbocycles. The Morgan fingerprint density at radius 1 is 1.23 bits per heavy atom. The number of rotatable bonds is 5. The molecule has 116 valence electrons. The van der Waals surface area contributed by atoms with Crippen molar-refractivity contribution >= 4 is 22.9 Å². The van der Waals surface area contributed by atoms with Gasteiger partial charge in [0.2, 0.25) is 0 Å². The Balaban J connectivity index is 1.86. The van der Waals surface area contributed by atoms with Crippen molar-refractivity contribution in [3.05, 3.63) is 39.6 Å². The maximum absolute atomic E-state index is 12.6. The molecule has 1 aromatic carbocycles. The minimum absolute atomic E-state index is 0.0489. The molecule has 1 aliphatic carbocycles. The lowest BCUT2D eigenvalue weighted by Crippen LogP contribution is -2.13. The number of ether oxygens (including phenoxy) is 2. The number of aryl methyl sites for hydroxylation is 1. The van der Waals surface area contributed by atoms with E-state index in [0.29, 0.717) is 17.4 Å². The van der Waals surface area contributed by atoms with Gasteiger partial charge in [-0.2, -0.15) is 0 Å². The highest BCUT2D eigenvalue weighted by Gasteiger charge is 2.29. The summed E-state index contributed by atoms with van der Waals surface area (Å²) in [6.45, 7) is 1.94. The number of carbonyl (C=O) groups excluding carboxylic acids is 1. The molecule has 22 heavy (non-hydrogen) atoms. The van der Waals surface area contributed by atoms with E-state index in [-0.39, 0.29) is 5.91 Å². The van der Waals surface area contributed by atoms with Crippen molar-refractivity contribution in [3.8, 4) is 11.5 Å². The van der Waals surface area contributed by atoms with Crippen LogP contribution in [0, 0.1) is 6.92 Å². The number of hydrogen-bond acceptors (Lipinski definition) is 4. The van der Waals surface area contributed by atoms with Gasteiger partial charge < -0.3 is 14.8 Å². The van der Waals surface area contributed by atoms with Crippen molar-refractivity contribution in [2.45, 2.75) is 25.7 Å². The van der Waals surface area contributed by atoms with Crippen LogP contribution in [0.2, 0.25) is 0 Å². The van der Waals surface area contributed by atoms with Crippen LogP contribution in [-0.4, -0.2) is 20.1 Å². The van der Waals surface area contributed by atoms with Gasteiger partial charge in [0.15, 0.2) is 11.5 Å². The Kier molecular flexibility index (Phi) is 4.07. The van der Waals surface area contributed by atoms with Crippen molar-refractivity contribution in [3.63, 3.8) is 0 Å². The summed E-state index contributed by atoms with van der Waals surface area (Å²) in [4.78, 5) is 13.4. The lowest BCUT2D eigenvalue weighted by molar-refractivity contribution is 0.102. The van der Waals surface area contributed by atoms with Crippen LogP contribution in [0.5, 0.6) is 11.5 Å². The first kappa shape index (κ1) is 14.9. The summed E-state index contributed by atoms with van der Waals surface area (Å²) in [5.74, 6) is 1.79. The van der Waals surface area contributed by atoms with Gasteiger partial charge in [-0.25, -0.2) is 0 Å². The zero-order chi connectivity index (χ0) is 15.7. The zero-order valence-corrected chi connectivity index (χ0v) is 13.8. The normalized spacial score (nSPS) is 13.8. The summed E-state index contributed by atoms with van der Waals surface area (Å²) in [6, 6.07) is 5.74. The fourth-order valence-electron chi connectivity index (χ4n) is 2.51. The van der Waals surface area contributed by atoms with Gasteiger partial charge >= 0.3 is 0 Å². The fraction of sp³-hybridized carbons (Fsp3) is 0.353. The second kappa shape index (κ2) is 6.01. The van der Waals surface area contributed by atoms with Crippen LogP contribution in [0.1, 0.15) is 39.6 Å². The van der Waals surface area contributed by atoms with Gasteiger partial charge in [-0.15, -0.1) is 11.3 Å². The molecule has 3 rings (SSSR count). The molecule has 0 atom stereocenters. The van der Waals surface area contributed by atoms with Crippen LogP contribution in [-0.2, 0) is 0 Å². The predicted molar refractivity (Wildman–Crippen MR) is 88.5 cm³/mol. The number of nitrogens with one attached hydrogen (secondary N) is 1. The van der Waals surface area contributed by atoms with Crippen LogP contribution >= 0.6 is 11.3 Å². The number of amides is 1. The Hall–Kier alpha value is -2.01. The SMILES string of the molecule is COc1cc(C)c(NC(=O)c2sccc2C2CC2)cc1OC. The molecule has 1 aliphatic rings. The van der Waals surface area contributed by atoms with E-state index in [1.54, 1.807) is 20.3 Å². The van der Waals surface area contributed by atoms with E-state index in [1.165, 1.54) is 29.7 Å². The summed E-state index contributed by atoms with van der Waals surface area (Å²) in [5.41, 5.74) is 2.87. The van der Waals surface area contributed by atoms with Gasteiger partial charge in [0, 0.05) is 11.8 Å². The molecule has 5 heteroatoms. The van der Waals surface area contributed by atoms with Gasteiger partial charge in [0.25, 0.3) is 5.91 Å². The summed E-state index contributed by atoms with van der Waals surface area (Å²) < 4.78 is 10.6. The van der Waals surface area contributed by atoms with E-state index >= 15 is 0 Å². The van der Waals surface area contributed by atoms with Crippen molar-refractivity contribution in [1.29, 1.82) is 0 Å². The molecule has 0 radical (unpaired) electrons. The number of carbonyl (C=O) groups is 1. The van der Waals surface area contributed by atoms with Gasteiger partial charge in [0.05, 0.1) is 19.1 Å². The monoisotopic (exact) mass is 317 g/mol. The van der Waals surface area contributed by atoms with Crippen LogP contribution < -0.4 is 14.8 Å². The molecule has 1 fully saturated rings. The summed E-state index contributed by atoms with van der Waals surface area (Å²) >= 11 is 1.50. The van der Waals surface area contributed by atoms with Gasteiger partial charge in [0.1, 0.15) is 0 Å². The molecule has 1 heterocycles. The van der Waals surface area contributed by atoms with E-state index in [2.05, 4.69) is 11.4 Å². The average molecular weight is 317 g/mol. The summed E-state index contributed by atoms with van der Waals surface area (Å²) in [6.07, 6.45) is 2.37. The Labute approximate surface area is 134 Å². The molecule has 0 aliphatic heterocycles. The number of anilines is 1. The smallest absolute Gasteiger partial charge is 0.266 e. The number of thiophene rings is 1. The first-order chi connectivity index (χ1) is 10.6. The molecule has 4 nitrogen and oxygen atoms in total. The van der Waals surface area contributed by atoms with Crippen LogP contribution in [0.15, 0.2) is 23.6 Å². The van der Waals surface area contributed by atoms with E-state index in [0.717, 1.165) is 16.1 Å². The van der Waals surface area contributed by atoms with Crippen LogP contribution in [0.4, 0.5) is 5.69 Å². The van der Waals surface area contributed by atoms with Crippen molar-refractivity contribution in [2.24, 2.45) is 0 Å². The van der Waals surface area contributed by atoms with Gasteiger partial charge in [-0.05, 0) is 54.3 Å². The Morgan fingerprint density at radius 3 is 2.55 bits per heavy atom. The molecule has 1 amide bonds. The quantitative estimate of drug-likeness (QED) is 0.899. The first-order valence-electron chi connectivity index (χ1n) is 7.25. The molecule has 0 bridgehead atoms. The average Bonchev–Trinajstić information content (AvgIpc) is 3.25. The predicted octanol–water partition coefficient (Wildman–Crippen LogP) is 4.20. The fourth-order valence-corrected chi connectivity index (χ4v) is 3.39. The standard InChI is InChI=1S/C17H19NO3S/c1-10-8-14(20-2)15(21-3)9-13(10)18-17(19)16-12(6-7-22-16)11-4-5-11/h6-9,11H,4-5H2,1-3H3,(H,18,19). The minimum atomic E-state index is -0.0489. The second-order valence-electron chi connectivity index (χ2n) is 5.46. The highest BCUT2D eigenvalue weighted by atomic mass is 32.1. The van der Waals surface area contributed by atoms with Gasteiger partial charge in [-0.1, -0.05) is 0 Å². The van der Waals surface area contributed by atoms with E-state index in [4.69, 9.17) is 9.47 Å². The summed E-state index contributed by atoms with van der Waals surface area (Å²) in [7, 11) is 3.19. The largest absolute Gasteiger partial charge is 0.493 e. The van der Waals surface area contributed by atoms with Crippen molar-refractivity contribution in [2.75, 3.05) is 19.5 Å². The van der Waals surface area contributed by atoms with Crippen LogP contribution in [0.25, 0.3) is 0 Å². The molecule has 1 N–H and O–H groups in total. The minimum Gasteiger partial charge on any atom is -0.493 e. The maximum Gasteiger partial charge on any atom is 0.266 e. The highest BCUT2D eigenvalue weighted by molar-refractivity contribution is 7.12. The topological polar surface area (TPSA) is 47.6 Å². The third-order valence-electron chi connectivity index (χ3n) is 3.90. The molecule has 0 saturated heterocycles. The number of hydrogen-bond donors (Lipinski definition) is 1. The molecule has 1 aromatic heterocycles. The number of benzene rings is 1. The van der Waals surface area contributed by atoms with Crippen LogP contribution in [0.3, 0.4) is 0 Å². The molecule has 0 unspecified atom stereocenters. The lowest BCUT2D eigenvalue weighted by atomic mass is 10.1. The molecular formula is C17H19NO3S. The van der Waals surface area contributed by atoms with E-state index in [1.807, 2.05) is 18.4 Å². The molecular weight excluding hydrogens is 298 g/mol. The third-order valence-corrected chi connectivity index (χ3v) is 4.83. The number of methoxy groups -OCH3 is 2. The molecule has 2 aromatic rings. The Bertz CT molecular complexity index is 704. The third kappa shape index (κ3) is 2.81. The zero-order valence-electron chi connectivity index (χ0n) is 12.9. The van der Waals surface area contributed by atoms with Gasteiger partial charge in [-0.3, -0.25) is 4.79 Å². The van der Waals surface area contributed by atoms with Crippen molar-refractivity contribution < 1.29 is 14.3 Å². The van der Waals surface area contributed by atoms with E-state index in [9.17, 15) is 4.79 Å². The second-order valence-corrected chi connectivity index (χ2v) is 6.37. The van der Waals surface area contributed by atoms with E-state index < -0.39 is 0 Å². The Morgan fingerprint density at radius 2 is 1.91 bits per heavy atom. The lowest BCUT2D eigenvalue weighted by Gasteiger charge is -2.13. The van der Waals surface area contributed by atoms with Crippen molar-refractivity contribution in [1.82, 2.24) is 0 Å². The summed E-state index contributed by atoms with van der Waals surface area (Å²) in [5, 5.41) is 4.99. The maximum atomic E-state index is 12.6. The molecule has 0 spiro atoms.